The molecule has 3 aromatic rings. The summed E-state index contributed by atoms with van der Waals surface area (Å²) in [6.45, 7) is 0.0869. The molecule has 1 fully saturated rings. The minimum atomic E-state index is -0.937. The Morgan fingerprint density at radius 3 is 2.39 bits per heavy atom. The first-order valence-corrected chi connectivity index (χ1v) is 11.0. The molecule has 1 atom stereocenters. The fourth-order valence-electron chi connectivity index (χ4n) is 4.24. The number of hydrogen-bond acceptors (Lipinski definition) is 6. The lowest BCUT2D eigenvalue weighted by atomic mass is 10.0. The largest absolute Gasteiger partial charge is 0.493 e. The van der Waals surface area contributed by atoms with Gasteiger partial charge in [0.1, 0.15) is 11.8 Å². The average molecular weight is 453 g/mol. The van der Waals surface area contributed by atoms with E-state index in [2.05, 4.69) is 5.32 Å². The number of benzene rings is 1. The van der Waals surface area contributed by atoms with Crippen molar-refractivity contribution in [2.24, 2.45) is 0 Å². The number of carbonyl (C=O) groups is 2. The van der Waals surface area contributed by atoms with E-state index in [1.54, 1.807) is 49.6 Å². The van der Waals surface area contributed by atoms with Gasteiger partial charge in [-0.3, -0.25) is 9.59 Å². The lowest BCUT2D eigenvalue weighted by Gasteiger charge is -2.31. The van der Waals surface area contributed by atoms with E-state index >= 15 is 0 Å². The average Bonchev–Trinajstić information content (AvgIpc) is 3.62. The molecule has 2 amide bonds. The van der Waals surface area contributed by atoms with E-state index < -0.39 is 11.9 Å². The highest BCUT2D eigenvalue weighted by Crippen LogP contribution is 2.34. The third-order valence-electron chi connectivity index (χ3n) is 5.88. The van der Waals surface area contributed by atoms with Crippen LogP contribution >= 0.6 is 0 Å². The normalized spacial score (nSPS) is 14.6. The van der Waals surface area contributed by atoms with Crippen molar-refractivity contribution in [3.63, 3.8) is 0 Å². The second kappa shape index (κ2) is 10.3. The van der Waals surface area contributed by atoms with Crippen LogP contribution in [-0.4, -0.2) is 37.0 Å². The smallest absolute Gasteiger partial charge is 0.290 e. The Balaban J connectivity index is 1.76. The first-order valence-electron chi connectivity index (χ1n) is 11.0. The number of ether oxygens (including phenoxy) is 2. The number of amides is 2. The highest BCUT2D eigenvalue weighted by atomic mass is 16.5. The maximum Gasteiger partial charge on any atom is 0.290 e. The maximum atomic E-state index is 13.7. The van der Waals surface area contributed by atoms with Gasteiger partial charge in [-0.25, -0.2) is 0 Å². The van der Waals surface area contributed by atoms with Gasteiger partial charge in [0, 0.05) is 6.04 Å². The summed E-state index contributed by atoms with van der Waals surface area (Å²) >= 11 is 0. The molecule has 2 heterocycles. The summed E-state index contributed by atoms with van der Waals surface area (Å²) in [6, 6.07) is 11.1. The van der Waals surface area contributed by atoms with Crippen LogP contribution in [0.25, 0.3) is 0 Å². The van der Waals surface area contributed by atoms with Gasteiger partial charge in [0.15, 0.2) is 17.3 Å². The maximum absolute atomic E-state index is 13.7. The molecule has 1 N–H and O–H groups in total. The molecule has 0 saturated heterocycles. The zero-order valence-corrected chi connectivity index (χ0v) is 18.8. The van der Waals surface area contributed by atoms with E-state index in [1.165, 1.54) is 24.5 Å². The van der Waals surface area contributed by atoms with E-state index in [1.807, 2.05) is 0 Å². The summed E-state index contributed by atoms with van der Waals surface area (Å²) in [7, 11) is 3.08. The van der Waals surface area contributed by atoms with Gasteiger partial charge in [0.2, 0.25) is 5.91 Å². The summed E-state index contributed by atoms with van der Waals surface area (Å²) < 4.78 is 21.7. The van der Waals surface area contributed by atoms with Crippen molar-refractivity contribution in [2.45, 2.75) is 44.3 Å². The van der Waals surface area contributed by atoms with Gasteiger partial charge < -0.3 is 28.5 Å². The first-order chi connectivity index (χ1) is 16.1. The van der Waals surface area contributed by atoms with Crippen LogP contribution in [0.4, 0.5) is 0 Å². The molecule has 0 spiro atoms. The minimum absolute atomic E-state index is 0.0869. The fraction of sp³-hybridized carbons (Fsp3) is 0.360. The second-order valence-corrected chi connectivity index (χ2v) is 8.00. The van der Waals surface area contributed by atoms with Crippen molar-refractivity contribution in [2.75, 3.05) is 14.2 Å². The van der Waals surface area contributed by atoms with E-state index in [4.69, 9.17) is 18.3 Å². The van der Waals surface area contributed by atoms with Crippen molar-refractivity contribution >= 4 is 11.8 Å². The van der Waals surface area contributed by atoms with Gasteiger partial charge in [0.05, 0.1) is 33.3 Å². The number of nitrogens with zero attached hydrogens (tertiary/aromatic N) is 1. The summed E-state index contributed by atoms with van der Waals surface area (Å²) in [5.74, 6) is 1.01. The number of carbonyl (C=O) groups excluding carboxylic acids is 2. The Morgan fingerprint density at radius 2 is 1.76 bits per heavy atom. The Labute approximate surface area is 192 Å². The van der Waals surface area contributed by atoms with Gasteiger partial charge in [-0.2, -0.15) is 0 Å². The highest BCUT2D eigenvalue weighted by molar-refractivity contribution is 5.96. The molecule has 33 heavy (non-hydrogen) atoms. The van der Waals surface area contributed by atoms with Crippen molar-refractivity contribution in [3.05, 3.63) is 72.1 Å². The SMILES string of the molecule is COc1ccc([C@H](C(=O)NC2CCCC2)N(Cc2ccco2)C(=O)c2ccco2)cc1OC. The van der Waals surface area contributed by atoms with Gasteiger partial charge in [-0.1, -0.05) is 18.9 Å². The predicted molar refractivity (Wildman–Crippen MR) is 120 cm³/mol. The number of methoxy groups -OCH3 is 2. The molecule has 0 unspecified atom stereocenters. The van der Waals surface area contributed by atoms with Crippen molar-refractivity contribution in [3.8, 4) is 11.5 Å². The van der Waals surface area contributed by atoms with E-state index in [9.17, 15) is 9.59 Å². The molecule has 0 bridgehead atoms. The lowest BCUT2D eigenvalue weighted by molar-refractivity contribution is -0.126. The Morgan fingerprint density at radius 1 is 1.03 bits per heavy atom. The third-order valence-corrected chi connectivity index (χ3v) is 5.88. The van der Waals surface area contributed by atoms with Crippen LogP contribution < -0.4 is 14.8 Å². The predicted octanol–water partition coefficient (Wildman–Crippen LogP) is 4.33. The van der Waals surface area contributed by atoms with Crippen LogP contribution in [0.1, 0.15) is 53.6 Å². The quantitative estimate of drug-likeness (QED) is 0.519. The van der Waals surface area contributed by atoms with Crippen LogP contribution in [-0.2, 0) is 11.3 Å². The molecule has 4 rings (SSSR count). The van der Waals surface area contributed by atoms with Crippen LogP contribution in [0.2, 0.25) is 0 Å². The fourth-order valence-corrected chi connectivity index (χ4v) is 4.24. The second-order valence-electron chi connectivity index (χ2n) is 8.00. The monoisotopic (exact) mass is 452 g/mol. The molecule has 0 radical (unpaired) electrons. The zero-order chi connectivity index (χ0) is 23.2. The molecule has 1 aromatic carbocycles. The van der Waals surface area contributed by atoms with Crippen LogP contribution in [0.15, 0.2) is 63.8 Å². The molecule has 1 saturated carbocycles. The van der Waals surface area contributed by atoms with Crippen LogP contribution in [0, 0.1) is 0 Å². The molecule has 8 heteroatoms. The van der Waals surface area contributed by atoms with E-state index in [0.29, 0.717) is 22.8 Å². The Kier molecular flexibility index (Phi) is 7.02. The van der Waals surface area contributed by atoms with Crippen molar-refractivity contribution < 1.29 is 27.9 Å². The molecule has 1 aliphatic rings. The molecule has 174 valence electrons. The van der Waals surface area contributed by atoms with Gasteiger partial charge in [0.25, 0.3) is 5.91 Å². The summed E-state index contributed by atoms with van der Waals surface area (Å²) in [5, 5.41) is 3.14. The number of furan rings is 2. The zero-order valence-electron chi connectivity index (χ0n) is 18.8. The molecular weight excluding hydrogens is 424 g/mol. The first kappa shape index (κ1) is 22.5. The molecular formula is C25H28N2O6. The number of nitrogens with one attached hydrogen (secondary N) is 1. The Hall–Kier alpha value is -3.68. The lowest BCUT2D eigenvalue weighted by Crippen LogP contribution is -2.45. The van der Waals surface area contributed by atoms with Crippen LogP contribution in [0.5, 0.6) is 11.5 Å². The minimum Gasteiger partial charge on any atom is -0.493 e. The third kappa shape index (κ3) is 5.05. The summed E-state index contributed by atoms with van der Waals surface area (Å²) in [5.41, 5.74) is 0.592. The Bertz CT molecular complexity index is 1050. The molecule has 2 aromatic heterocycles. The molecule has 1 aliphatic carbocycles. The standard InChI is InChI=1S/C25H28N2O6/c1-30-20-12-11-17(15-22(20)31-2)23(24(28)26-18-7-3-4-8-18)27(16-19-9-5-13-32-19)25(29)21-10-6-14-33-21/h5-6,9-15,18,23H,3-4,7-8,16H2,1-2H3,(H,26,28)/t23-/m1/s1. The molecule has 8 nitrogen and oxygen atoms in total. The number of hydrogen-bond donors (Lipinski definition) is 1. The summed E-state index contributed by atoms with van der Waals surface area (Å²) in [4.78, 5) is 28.6. The van der Waals surface area contributed by atoms with Crippen molar-refractivity contribution in [1.29, 1.82) is 0 Å². The van der Waals surface area contributed by atoms with Gasteiger partial charge in [-0.15, -0.1) is 0 Å². The van der Waals surface area contributed by atoms with Crippen LogP contribution in [0.3, 0.4) is 0 Å². The van der Waals surface area contributed by atoms with Gasteiger partial charge in [-0.05, 0) is 54.8 Å². The highest BCUT2D eigenvalue weighted by Gasteiger charge is 2.35. The topological polar surface area (TPSA) is 94.2 Å². The van der Waals surface area contributed by atoms with E-state index in [0.717, 1.165) is 25.7 Å². The van der Waals surface area contributed by atoms with E-state index in [-0.39, 0.29) is 24.3 Å². The van der Waals surface area contributed by atoms with Crippen molar-refractivity contribution in [1.82, 2.24) is 10.2 Å². The summed E-state index contributed by atoms with van der Waals surface area (Å²) in [6.07, 6.45) is 6.97. The van der Waals surface area contributed by atoms with Gasteiger partial charge >= 0.3 is 0 Å². The number of rotatable bonds is 9. The molecule has 0 aliphatic heterocycles.